The topological polar surface area (TPSA) is 110 Å². The molecule has 1 unspecified atom stereocenters. The van der Waals surface area contributed by atoms with Gasteiger partial charge in [-0.05, 0) is 6.92 Å². The fourth-order valence-corrected chi connectivity index (χ4v) is 3.04. The molecule has 0 aromatic heterocycles. The van der Waals surface area contributed by atoms with Gasteiger partial charge in [0.1, 0.15) is 11.4 Å². The largest absolute Gasteiger partial charge is 0.469 e. The molecule has 0 spiro atoms. The molecule has 1 aliphatic carbocycles. The van der Waals surface area contributed by atoms with Gasteiger partial charge in [-0.15, -0.1) is 11.6 Å². The molecule has 2 N–H and O–H groups in total. The smallest absolute Gasteiger partial charge is 0.365 e. The van der Waals surface area contributed by atoms with Crippen molar-refractivity contribution in [3.63, 3.8) is 0 Å². The van der Waals surface area contributed by atoms with Crippen LogP contribution in [0.2, 0.25) is 0 Å². The van der Waals surface area contributed by atoms with Crippen LogP contribution in [0.1, 0.15) is 6.92 Å². The Kier molecular flexibility index (Phi) is 5.46. The molecule has 0 bridgehead atoms. The summed E-state index contributed by atoms with van der Waals surface area (Å²) in [7, 11) is -4.30. The van der Waals surface area contributed by atoms with E-state index in [0.29, 0.717) is 17.1 Å². The Morgan fingerprint density at radius 3 is 1.96 bits per heavy atom. The molecule has 3 aliphatic heterocycles. The van der Waals surface area contributed by atoms with Crippen LogP contribution in [0, 0.1) is 0 Å². The highest BCUT2D eigenvalue weighted by atomic mass is 35.5. The molecule has 26 heavy (non-hydrogen) atoms. The molecule has 3 heterocycles. The van der Waals surface area contributed by atoms with Crippen LogP contribution in [-0.2, 0) is 18.7 Å². The van der Waals surface area contributed by atoms with Crippen molar-refractivity contribution in [2.24, 2.45) is 0 Å². The molecule has 0 radical (unpaired) electrons. The van der Waals surface area contributed by atoms with Gasteiger partial charge in [-0.3, -0.25) is 14.1 Å². The van der Waals surface area contributed by atoms with E-state index < -0.39 is 7.82 Å². The predicted molar refractivity (Wildman–Crippen MR) is 93.2 cm³/mol. The van der Waals surface area contributed by atoms with Crippen molar-refractivity contribution in [1.82, 2.24) is 14.7 Å². The number of carbonyl (C=O) groups is 2. The van der Waals surface area contributed by atoms with Crippen molar-refractivity contribution in [2.45, 2.75) is 12.3 Å². The Bertz CT molecular complexity index is 719. The van der Waals surface area contributed by atoms with Crippen LogP contribution in [0.15, 0.2) is 23.2 Å². The number of ketones is 2. The Balaban J connectivity index is 0.000000188. The molecule has 0 amide bonds. The summed E-state index contributed by atoms with van der Waals surface area (Å²) in [5.74, 6) is 0.0485. The van der Waals surface area contributed by atoms with Crippen LogP contribution < -0.4 is 0 Å². The lowest BCUT2D eigenvalue weighted by Crippen LogP contribution is -2.29. The average molecular weight is 406 g/mol. The second kappa shape index (κ2) is 7.32. The van der Waals surface area contributed by atoms with Gasteiger partial charge in [0.25, 0.3) is 0 Å². The van der Waals surface area contributed by atoms with E-state index in [1.807, 2.05) is 14.7 Å². The minimum atomic E-state index is -4.30. The van der Waals surface area contributed by atoms with E-state index >= 15 is 0 Å². The van der Waals surface area contributed by atoms with Crippen LogP contribution in [0.5, 0.6) is 0 Å². The van der Waals surface area contributed by atoms with Gasteiger partial charge in [-0.1, -0.05) is 0 Å². The summed E-state index contributed by atoms with van der Waals surface area (Å²) in [4.78, 5) is 46.7. The van der Waals surface area contributed by atoms with Crippen LogP contribution in [0.25, 0.3) is 0 Å². The zero-order chi connectivity index (χ0) is 19.1. The van der Waals surface area contributed by atoms with Gasteiger partial charge in [0.15, 0.2) is 0 Å². The maximum absolute atomic E-state index is 12.4. The lowest BCUT2D eigenvalue weighted by Gasteiger charge is -2.21. The SMILES string of the molecule is CC(Cl)COP(=O)(O)O.O=C1C=C(N2CC2)C(=O)C(N2CC2)=C1N1CC1. The Morgan fingerprint density at radius 2 is 1.58 bits per heavy atom. The lowest BCUT2D eigenvalue weighted by atomic mass is 10.0. The number of phosphoric acid groups is 1. The molecule has 0 aromatic rings. The summed E-state index contributed by atoms with van der Waals surface area (Å²) in [5, 5.41) is -0.377. The number of halogens is 1. The highest BCUT2D eigenvalue weighted by molar-refractivity contribution is 7.46. The van der Waals surface area contributed by atoms with Crippen molar-refractivity contribution in [3.05, 3.63) is 23.2 Å². The summed E-state index contributed by atoms with van der Waals surface area (Å²) >= 11 is 5.32. The van der Waals surface area contributed by atoms with Gasteiger partial charge in [0.2, 0.25) is 11.6 Å². The maximum Gasteiger partial charge on any atom is 0.469 e. The Labute approximate surface area is 156 Å². The van der Waals surface area contributed by atoms with Crippen LogP contribution in [-0.4, -0.2) is 87.3 Å². The molecule has 4 rings (SSSR count). The number of alkyl halides is 1. The van der Waals surface area contributed by atoms with Crippen LogP contribution in [0.4, 0.5) is 0 Å². The highest BCUT2D eigenvalue weighted by Crippen LogP contribution is 2.36. The van der Waals surface area contributed by atoms with Gasteiger partial charge in [0.05, 0.1) is 17.7 Å². The molecule has 4 aliphatic rings. The summed E-state index contributed by atoms with van der Waals surface area (Å²) in [5.41, 5.74) is 1.89. The van der Waals surface area contributed by atoms with E-state index in [-0.39, 0.29) is 23.6 Å². The molecule has 9 nitrogen and oxygen atoms in total. The number of carbonyl (C=O) groups excluding carboxylic acids is 2. The monoisotopic (exact) mass is 405 g/mol. The standard InChI is InChI=1S/C12H13N3O2.C3H8ClO4P/c16-9-7-8(13-1-2-13)12(17)11(15-5-6-15)10(9)14-3-4-14;1-3(4)2-8-9(5,6)7/h7H,1-6H2;3H,2H2,1H3,(H2,5,6,7). The van der Waals surface area contributed by atoms with Crippen molar-refractivity contribution >= 4 is 31.0 Å². The summed E-state index contributed by atoms with van der Waals surface area (Å²) < 4.78 is 14.0. The normalized spacial score (nSPS) is 22.8. The van der Waals surface area contributed by atoms with Gasteiger partial charge in [-0.25, -0.2) is 4.57 Å². The first-order chi connectivity index (χ1) is 12.2. The van der Waals surface area contributed by atoms with Crippen molar-refractivity contribution in [3.8, 4) is 0 Å². The molecular formula is C15H21ClN3O6P. The fourth-order valence-electron chi connectivity index (χ4n) is 2.48. The summed E-state index contributed by atoms with van der Waals surface area (Å²) in [6.45, 7) is 6.85. The van der Waals surface area contributed by atoms with Crippen LogP contribution in [0.3, 0.4) is 0 Å². The molecular weight excluding hydrogens is 385 g/mol. The van der Waals surface area contributed by atoms with E-state index in [4.69, 9.17) is 21.4 Å². The zero-order valence-electron chi connectivity index (χ0n) is 14.3. The van der Waals surface area contributed by atoms with E-state index in [2.05, 4.69) is 4.52 Å². The third kappa shape index (κ3) is 5.08. The first-order valence-electron chi connectivity index (χ1n) is 8.31. The third-order valence-electron chi connectivity index (χ3n) is 3.96. The molecule has 0 aromatic carbocycles. The van der Waals surface area contributed by atoms with E-state index in [1.165, 1.54) is 6.08 Å². The first-order valence-corrected chi connectivity index (χ1v) is 10.3. The van der Waals surface area contributed by atoms with E-state index in [9.17, 15) is 14.2 Å². The van der Waals surface area contributed by atoms with Crippen molar-refractivity contribution in [1.29, 1.82) is 0 Å². The number of phosphoric ester groups is 1. The van der Waals surface area contributed by atoms with Gasteiger partial charge in [-0.2, -0.15) is 0 Å². The van der Waals surface area contributed by atoms with Crippen molar-refractivity contribution < 1.29 is 28.5 Å². The highest BCUT2D eigenvalue weighted by Gasteiger charge is 2.43. The average Bonchev–Trinajstić information content (AvgIpc) is 3.34. The molecule has 144 valence electrons. The minimum Gasteiger partial charge on any atom is -0.365 e. The Morgan fingerprint density at radius 1 is 1.08 bits per heavy atom. The number of allylic oxidation sites excluding steroid dienone is 1. The van der Waals surface area contributed by atoms with Gasteiger partial charge in [0, 0.05) is 45.3 Å². The quantitative estimate of drug-likeness (QED) is 0.271. The summed E-state index contributed by atoms with van der Waals surface area (Å²) in [6.07, 6.45) is 1.52. The molecule has 1 atom stereocenters. The lowest BCUT2D eigenvalue weighted by molar-refractivity contribution is -0.117. The number of hydrogen-bond donors (Lipinski definition) is 2. The molecule has 3 saturated heterocycles. The number of rotatable bonds is 6. The van der Waals surface area contributed by atoms with Gasteiger partial charge < -0.3 is 24.5 Å². The predicted octanol–water partition coefficient (Wildman–Crippen LogP) is -0.0965. The van der Waals surface area contributed by atoms with Gasteiger partial charge >= 0.3 is 7.82 Å². The van der Waals surface area contributed by atoms with E-state index in [0.717, 1.165) is 39.3 Å². The number of hydrogen-bond acceptors (Lipinski definition) is 7. The first kappa shape index (κ1) is 19.4. The Hall–Kier alpha value is -1.38. The number of Topliss-reactive ketones (excluding diaryl/α,β-unsaturated/α-hetero) is 1. The second-order valence-corrected chi connectivity index (χ2v) is 8.43. The number of nitrogens with zero attached hydrogens (tertiary/aromatic N) is 3. The van der Waals surface area contributed by atoms with Crippen LogP contribution >= 0.6 is 19.4 Å². The van der Waals surface area contributed by atoms with E-state index in [1.54, 1.807) is 6.92 Å². The second-order valence-electron chi connectivity index (χ2n) is 6.45. The fraction of sp³-hybridized carbons (Fsp3) is 0.600. The molecule has 0 saturated carbocycles. The molecule has 3 fully saturated rings. The zero-order valence-corrected chi connectivity index (χ0v) is 15.9. The maximum atomic E-state index is 12.4. The third-order valence-corrected chi connectivity index (χ3v) is 4.57. The minimum absolute atomic E-state index is 0.00546. The summed E-state index contributed by atoms with van der Waals surface area (Å²) in [6, 6.07) is 0. The molecule has 11 heteroatoms. The van der Waals surface area contributed by atoms with Crippen molar-refractivity contribution in [2.75, 3.05) is 45.9 Å².